The quantitative estimate of drug-likeness (QED) is 0.151. The van der Waals surface area contributed by atoms with Crippen molar-refractivity contribution in [1.29, 1.82) is 0 Å². The Kier molecular flexibility index (Phi) is 9.61. The number of aromatic nitrogens is 1. The van der Waals surface area contributed by atoms with Crippen LogP contribution in [0.3, 0.4) is 0 Å². The second kappa shape index (κ2) is 17.3. The third-order valence-electron chi connectivity index (χ3n) is 17.5. The van der Waals surface area contributed by atoms with Crippen LogP contribution in [0.25, 0.3) is 177 Å². The fraction of sp³-hybridized carbons (Fsp3) is 0. The lowest BCUT2D eigenvalue weighted by Gasteiger charge is -2.14. The zero-order valence-corrected chi connectivity index (χ0v) is 45.4. The van der Waals surface area contributed by atoms with Crippen molar-refractivity contribution in [3.8, 4) is 50.2 Å². The molecule has 0 N–H and O–H groups in total. The number of thiophene rings is 2. The largest absolute Gasteiger partial charge is 0.309 e. The fourth-order valence-electron chi connectivity index (χ4n) is 13.8. The summed E-state index contributed by atoms with van der Waals surface area (Å²) >= 11 is 3.78. The molecule has 0 aliphatic rings. The molecule has 0 unspecified atom stereocenters. The summed E-state index contributed by atoms with van der Waals surface area (Å²) in [4.78, 5) is 0. The second-order valence-corrected chi connectivity index (χ2v) is 23.9. The van der Waals surface area contributed by atoms with E-state index in [0.29, 0.717) is 0 Å². The van der Waals surface area contributed by atoms with Crippen molar-refractivity contribution in [1.82, 2.24) is 4.57 Å². The average Bonchev–Trinajstić information content (AvgIpc) is 4.44. The van der Waals surface area contributed by atoms with Gasteiger partial charge in [0.2, 0.25) is 0 Å². The molecule has 0 saturated heterocycles. The van der Waals surface area contributed by atoms with Crippen LogP contribution >= 0.6 is 22.7 Å². The maximum absolute atomic E-state index is 2.51. The highest BCUT2D eigenvalue weighted by Gasteiger charge is 2.21. The van der Waals surface area contributed by atoms with Crippen LogP contribution in [0, 0.1) is 0 Å². The van der Waals surface area contributed by atoms with Crippen LogP contribution in [-0.2, 0) is 0 Å². The molecule has 0 atom stereocenters. The van der Waals surface area contributed by atoms with E-state index in [9.17, 15) is 0 Å². The minimum Gasteiger partial charge on any atom is -0.309 e. The summed E-state index contributed by atoms with van der Waals surface area (Å²) in [6.07, 6.45) is 0. The summed E-state index contributed by atoms with van der Waals surface area (Å²) in [7, 11) is 0. The first-order valence-electron chi connectivity index (χ1n) is 27.9. The minimum atomic E-state index is 1.15. The maximum atomic E-state index is 2.51. The van der Waals surface area contributed by atoms with Crippen LogP contribution in [0.4, 0.5) is 0 Å². The molecular formula is C78H45NS2. The smallest absolute Gasteiger partial charge is 0.0547 e. The highest BCUT2D eigenvalue weighted by molar-refractivity contribution is 7.26. The Morgan fingerprint density at radius 2 is 0.543 bits per heavy atom. The third kappa shape index (κ3) is 6.71. The lowest BCUT2D eigenvalue weighted by molar-refractivity contribution is 1.18. The lowest BCUT2D eigenvalue weighted by Crippen LogP contribution is -1.94. The van der Waals surface area contributed by atoms with E-state index in [1.54, 1.807) is 0 Å². The van der Waals surface area contributed by atoms with Crippen LogP contribution in [0.2, 0.25) is 0 Å². The monoisotopic (exact) mass is 1060 g/mol. The van der Waals surface area contributed by atoms with E-state index in [1.807, 2.05) is 22.7 Å². The molecule has 81 heavy (non-hydrogen) atoms. The molecule has 3 heteroatoms. The van der Waals surface area contributed by atoms with Gasteiger partial charge in [0.15, 0.2) is 0 Å². The predicted octanol–water partition coefficient (Wildman–Crippen LogP) is 23.1. The van der Waals surface area contributed by atoms with Crippen molar-refractivity contribution in [3.05, 3.63) is 273 Å². The minimum absolute atomic E-state index is 1.15. The van der Waals surface area contributed by atoms with E-state index < -0.39 is 0 Å². The first-order chi connectivity index (χ1) is 40.1. The SMILES string of the molecule is c1ccc(-n2c3cc4c5ccc(-c6cccc(-c7cccc8c7sc7ccccc78)c6)cc5c5ccccc5c4cc3c3cc4c5ccccc5c5cc(-c6cccc(-c7cccc8c7sc7ccccc78)c6)ccc5c4cc32)cc1. The summed E-state index contributed by atoms with van der Waals surface area (Å²) in [6, 6.07) is 103. The topological polar surface area (TPSA) is 4.93 Å². The summed E-state index contributed by atoms with van der Waals surface area (Å²) in [6.45, 7) is 0. The molecule has 3 aromatic heterocycles. The van der Waals surface area contributed by atoms with E-state index >= 15 is 0 Å². The Bertz CT molecular complexity index is 5380. The molecule has 0 saturated carbocycles. The number of fused-ring (bicyclic) bond motifs is 21. The first kappa shape index (κ1) is 45.0. The van der Waals surface area contributed by atoms with Gasteiger partial charge in [-0.25, -0.2) is 0 Å². The van der Waals surface area contributed by atoms with Crippen molar-refractivity contribution in [3.63, 3.8) is 0 Å². The fourth-order valence-corrected chi connectivity index (χ4v) is 16.3. The molecule has 0 bridgehead atoms. The van der Waals surface area contributed by atoms with Crippen molar-refractivity contribution in [2.75, 3.05) is 0 Å². The summed E-state index contributed by atoms with van der Waals surface area (Å²) in [5.74, 6) is 0. The molecule has 3 heterocycles. The number of rotatable bonds is 5. The summed E-state index contributed by atoms with van der Waals surface area (Å²) in [5.41, 5.74) is 13.4. The molecule has 15 aromatic carbocycles. The Morgan fingerprint density at radius 1 is 0.198 bits per heavy atom. The van der Waals surface area contributed by atoms with Crippen LogP contribution in [-0.4, -0.2) is 4.57 Å². The van der Waals surface area contributed by atoms with E-state index in [-0.39, 0.29) is 0 Å². The van der Waals surface area contributed by atoms with Crippen LogP contribution in [0.15, 0.2) is 273 Å². The second-order valence-electron chi connectivity index (χ2n) is 21.8. The van der Waals surface area contributed by atoms with Gasteiger partial charge in [-0.3, -0.25) is 0 Å². The molecular weight excluding hydrogens is 1010 g/mol. The Morgan fingerprint density at radius 3 is 1.01 bits per heavy atom. The summed E-state index contributed by atoms with van der Waals surface area (Å²) < 4.78 is 7.84. The van der Waals surface area contributed by atoms with Gasteiger partial charge in [-0.1, -0.05) is 200 Å². The molecule has 0 aliphatic carbocycles. The molecule has 0 amide bonds. The van der Waals surface area contributed by atoms with E-state index in [4.69, 9.17) is 0 Å². The molecule has 0 fully saturated rings. The first-order valence-corrected chi connectivity index (χ1v) is 29.5. The van der Waals surface area contributed by atoms with Gasteiger partial charge in [-0.15, -0.1) is 22.7 Å². The lowest BCUT2D eigenvalue weighted by atomic mass is 9.90. The van der Waals surface area contributed by atoms with E-state index in [2.05, 4.69) is 278 Å². The summed E-state index contributed by atoms with van der Waals surface area (Å²) in [5, 5.41) is 22.9. The van der Waals surface area contributed by atoms with Crippen molar-refractivity contribution >= 4 is 149 Å². The third-order valence-corrected chi connectivity index (χ3v) is 20.0. The van der Waals surface area contributed by atoms with E-state index in [1.165, 1.54) is 171 Å². The number of hydrogen-bond acceptors (Lipinski definition) is 2. The van der Waals surface area contributed by atoms with E-state index in [0.717, 1.165) is 5.69 Å². The molecule has 0 aliphatic heterocycles. The normalized spacial score (nSPS) is 12.2. The standard InChI is InChI=1S/C78H45NS2/c1-2-20-52(21-3-1)79-73-44-69-59-36-34-48(46-16-12-18-50(38-46)53-28-14-30-63-61-26-8-10-32-75(61)80-77(53)63)40-65(59)55-22-4-6-24-57(55)67(69)42-71(73)72-43-68-58-25-7-5-23-56(58)66-41-49(35-37-60(66)70(68)45-74(72)79)47-17-13-19-51(39-47)54-29-15-31-64-62-27-9-11-33-76(62)81-78(54)64/h1-45H. The van der Waals surface area contributed by atoms with Gasteiger partial charge in [-0.2, -0.15) is 0 Å². The van der Waals surface area contributed by atoms with Gasteiger partial charge in [0.05, 0.1) is 11.0 Å². The highest BCUT2D eigenvalue weighted by Crippen LogP contribution is 2.47. The van der Waals surface area contributed by atoms with Crippen molar-refractivity contribution in [2.24, 2.45) is 0 Å². The Hall–Kier alpha value is -9.90. The zero-order chi connectivity index (χ0) is 52.9. The average molecular weight is 1060 g/mol. The maximum Gasteiger partial charge on any atom is 0.0547 e. The number of benzene rings is 15. The molecule has 374 valence electrons. The molecule has 1 nitrogen and oxygen atoms in total. The zero-order valence-electron chi connectivity index (χ0n) is 43.7. The highest BCUT2D eigenvalue weighted by atomic mass is 32.1. The van der Waals surface area contributed by atoms with Gasteiger partial charge in [-0.05, 0) is 182 Å². The van der Waals surface area contributed by atoms with Gasteiger partial charge in [0, 0.05) is 56.8 Å². The number of para-hydroxylation sites is 1. The Labute approximate surface area is 474 Å². The van der Waals surface area contributed by atoms with Gasteiger partial charge in [0.25, 0.3) is 0 Å². The van der Waals surface area contributed by atoms with Gasteiger partial charge in [0.1, 0.15) is 0 Å². The van der Waals surface area contributed by atoms with Gasteiger partial charge < -0.3 is 4.57 Å². The number of nitrogens with zero attached hydrogens (tertiary/aromatic N) is 1. The Balaban J connectivity index is 0.825. The van der Waals surface area contributed by atoms with Crippen LogP contribution in [0.5, 0.6) is 0 Å². The van der Waals surface area contributed by atoms with Gasteiger partial charge >= 0.3 is 0 Å². The molecule has 18 aromatic rings. The molecule has 0 radical (unpaired) electrons. The van der Waals surface area contributed by atoms with Crippen LogP contribution in [0.1, 0.15) is 0 Å². The predicted molar refractivity (Wildman–Crippen MR) is 353 cm³/mol. The molecule has 0 spiro atoms. The van der Waals surface area contributed by atoms with Crippen molar-refractivity contribution < 1.29 is 0 Å². The van der Waals surface area contributed by atoms with Crippen molar-refractivity contribution in [2.45, 2.75) is 0 Å². The molecule has 18 rings (SSSR count). The van der Waals surface area contributed by atoms with Crippen LogP contribution < -0.4 is 0 Å². The number of hydrogen-bond donors (Lipinski definition) is 0.